The molecule has 0 unspecified atom stereocenters. The fraction of sp³-hybridized carbons (Fsp3) is 0.474. The summed E-state index contributed by atoms with van der Waals surface area (Å²) in [4.78, 5) is 50.8. The van der Waals surface area contributed by atoms with Crippen LogP contribution in [0.1, 0.15) is 60.2 Å². The predicted octanol–water partition coefficient (Wildman–Crippen LogP) is 2.36. The summed E-state index contributed by atoms with van der Waals surface area (Å²) < 4.78 is 5.36. The molecule has 132 valence electrons. The molecule has 0 radical (unpaired) electrons. The Labute approximate surface area is 146 Å². The second kappa shape index (κ2) is 6.78. The van der Waals surface area contributed by atoms with Crippen molar-refractivity contribution >= 4 is 23.6 Å². The van der Waals surface area contributed by atoms with E-state index in [0.717, 1.165) is 4.90 Å². The third kappa shape index (κ3) is 3.21. The van der Waals surface area contributed by atoms with Gasteiger partial charge in [0, 0.05) is 6.42 Å². The number of rotatable bonds is 5. The van der Waals surface area contributed by atoms with Crippen molar-refractivity contribution in [2.75, 3.05) is 0 Å². The molecule has 0 bridgehead atoms. The molecule has 0 N–H and O–H groups in total. The number of benzene rings is 1. The van der Waals surface area contributed by atoms with Gasteiger partial charge >= 0.3 is 5.97 Å². The fourth-order valence-electron chi connectivity index (χ4n) is 3.37. The van der Waals surface area contributed by atoms with Crippen molar-refractivity contribution < 1.29 is 23.9 Å². The number of amides is 2. The first-order valence-electron chi connectivity index (χ1n) is 8.60. The van der Waals surface area contributed by atoms with Crippen LogP contribution in [0.25, 0.3) is 0 Å². The number of fused-ring (bicyclic) bond motifs is 1. The summed E-state index contributed by atoms with van der Waals surface area (Å²) in [5.41, 5.74) is 0.594. The van der Waals surface area contributed by atoms with Crippen molar-refractivity contribution in [2.24, 2.45) is 5.92 Å². The Hall–Kier alpha value is -2.50. The maximum absolute atomic E-state index is 12.7. The topological polar surface area (TPSA) is 80.8 Å². The molecule has 1 aromatic carbocycles. The van der Waals surface area contributed by atoms with Gasteiger partial charge in [-0.2, -0.15) is 0 Å². The van der Waals surface area contributed by atoms with E-state index in [4.69, 9.17) is 4.74 Å². The number of esters is 1. The molecule has 1 aliphatic heterocycles. The Balaban J connectivity index is 1.86. The highest BCUT2D eigenvalue weighted by molar-refractivity contribution is 6.22. The minimum absolute atomic E-state index is 0.0705. The first-order chi connectivity index (χ1) is 11.9. The molecule has 6 nitrogen and oxygen atoms in total. The number of ketones is 1. The Morgan fingerprint density at radius 1 is 1.16 bits per heavy atom. The van der Waals surface area contributed by atoms with Crippen LogP contribution >= 0.6 is 0 Å². The van der Waals surface area contributed by atoms with Crippen molar-refractivity contribution in [3.05, 3.63) is 35.4 Å². The quantitative estimate of drug-likeness (QED) is 0.605. The standard InChI is InChI=1S/C19H21NO5/c1-11(2)10-14(19(24)25-16-9-5-8-15(16)21)20-17(22)12-6-3-4-7-13(12)18(20)23/h3-4,6-7,11,14,16H,5,8-10H2,1-2H3/t14-,16+/m0/s1. The molecule has 2 aliphatic rings. The monoisotopic (exact) mass is 343 g/mol. The van der Waals surface area contributed by atoms with E-state index in [9.17, 15) is 19.2 Å². The molecule has 0 spiro atoms. The summed E-state index contributed by atoms with van der Waals surface area (Å²) in [7, 11) is 0. The van der Waals surface area contributed by atoms with Crippen LogP contribution < -0.4 is 0 Å². The maximum Gasteiger partial charge on any atom is 0.330 e. The molecule has 1 aromatic rings. The zero-order valence-electron chi connectivity index (χ0n) is 14.4. The Morgan fingerprint density at radius 2 is 1.76 bits per heavy atom. The molecule has 1 saturated carbocycles. The van der Waals surface area contributed by atoms with Gasteiger partial charge in [0.05, 0.1) is 11.1 Å². The molecule has 25 heavy (non-hydrogen) atoms. The lowest BCUT2D eigenvalue weighted by atomic mass is 10.0. The summed E-state index contributed by atoms with van der Waals surface area (Å²) in [5, 5.41) is 0. The van der Waals surface area contributed by atoms with E-state index in [1.54, 1.807) is 24.3 Å². The third-order valence-electron chi connectivity index (χ3n) is 4.61. The summed E-state index contributed by atoms with van der Waals surface area (Å²) in [6.45, 7) is 3.80. The van der Waals surface area contributed by atoms with Crippen molar-refractivity contribution in [3.8, 4) is 0 Å². The van der Waals surface area contributed by atoms with Crippen LogP contribution in [0.2, 0.25) is 0 Å². The van der Waals surface area contributed by atoms with Gasteiger partial charge < -0.3 is 4.74 Å². The lowest BCUT2D eigenvalue weighted by Gasteiger charge is -2.27. The number of carbonyl (C=O) groups is 4. The zero-order valence-corrected chi connectivity index (χ0v) is 14.4. The minimum atomic E-state index is -1.01. The van der Waals surface area contributed by atoms with E-state index in [0.29, 0.717) is 36.8 Å². The fourth-order valence-corrected chi connectivity index (χ4v) is 3.37. The van der Waals surface area contributed by atoms with Gasteiger partial charge in [0.1, 0.15) is 6.04 Å². The lowest BCUT2D eigenvalue weighted by Crippen LogP contribution is -2.47. The highest BCUT2D eigenvalue weighted by Crippen LogP contribution is 2.28. The Kier molecular flexibility index (Phi) is 4.70. The normalized spacial score (nSPS) is 21.0. The smallest absolute Gasteiger partial charge is 0.330 e. The van der Waals surface area contributed by atoms with Gasteiger partial charge in [0.15, 0.2) is 11.9 Å². The number of hydrogen-bond donors (Lipinski definition) is 0. The number of ether oxygens (including phenoxy) is 1. The van der Waals surface area contributed by atoms with Gasteiger partial charge in [-0.15, -0.1) is 0 Å². The molecule has 0 aromatic heterocycles. The Bertz CT molecular complexity index is 704. The van der Waals surface area contributed by atoms with Crippen molar-refractivity contribution in [1.82, 2.24) is 4.90 Å². The highest BCUT2D eigenvalue weighted by atomic mass is 16.5. The summed E-state index contributed by atoms with van der Waals surface area (Å²) in [6, 6.07) is 5.50. The molecule has 6 heteroatoms. The molecule has 3 rings (SSSR count). The van der Waals surface area contributed by atoms with Crippen molar-refractivity contribution in [1.29, 1.82) is 0 Å². The third-order valence-corrected chi connectivity index (χ3v) is 4.61. The average molecular weight is 343 g/mol. The van der Waals surface area contributed by atoms with Gasteiger partial charge in [-0.1, -0.05) is 26.0 Å². The second-order valence-corrected chi connectivity index (χ2v) is 6.96. The van der Waals surface area contributed by atoms with Gasteiger partial charge in [0.25, 0.3) is 11.8 Å². The van der Waals surface area contributed by atoms with Gasteiger partial charge in [0.2, 0.25) is 0 Å². The van der Waals surface area contributed by atoms with Crippen LogP contribution in [0.5, 0.6) is 0 Å². The van der Waals surface area contributed by atoms with Gasteiger partial charge in [-0.3, -0.25) is 19.3 Å². The van der Waals surface area contributed by atoms with E-state index >= 15 is 0 Å². The number of hydrogen-bond acceptors (Lipinski definition) is 5. The van der Waals surface area contributed by atoms with Gasteiger partial charge in [-0.25, -0.2) is 4.79 Å². The summed E-state index contributed by atoms with van der Waals surface area (Å²) in [5.74, 6) is -1.68. The summed E-state index contributed by atoms with van der Waals surface area (Å²) >= 11 is 0. The van der Waals surface area contributed by atoms with E-state index in [-0.39, 0.29) is 11.7 Å². The average Bonchev–Trinajstić information content (AvgIpc) is 3.08. The first kappa shape index (κ1) is 17.3. The van der Waals surface area contributed by atoms with Crippen LogP contribution in [-0.2, 0) is 14.3 Å². The predicted molar refractivity (Wildman–Crippen MR) is 88.9 cm³/mol. The second-order valence-electron chi connectivity index (χ2n) is 6.96. The zero-order chi connectivity index (χ0) is 18.1. The minimum Gasteiger partial charge on any atom is -0.453 e. The number of nitrogens with zero attached hydrogens (tertiary/aromatic N) is 1. The maximum atomic E-state index is 12.7. The van der Waals surface area contributed by atoms with E-state index in [1.165, 1.54) is 0 Å². The largest absolute Gasteiger partial charge is 0.453 e. The number of carbonyl (C=O) groups excluding carboxylic acids is 4. The SMILES string of the molecule is CC(C)C[C@@H](C(=O)O[C@@H]1CCCC1=O)N1C(=O)c2ccccc2C1=O. The molecule has 1 heterocycles. The molecule has 1 fully saturated rings. The van der Waals surface area contributed by atoms with Crippen LogP contribution in [0.4, 0.5) is 0 Å². The Morgan fingerprint density at radius 3 is 2.24 bits per heavy atom. The lowest BCUT2D eigenvalue weighted by molar-refractivity contribution is -0.158. The molecular weight excluding hydrogens is 322 g/mol. The van der Waals surface area contributed by atoms with Crippen molar-refractivity contribution in [2.45, 2.75) is 51.7 Å². The van der Waals surface area contributed by atoms with Gasteiger partial charge in [-0.05, 0) is 37.3 Å². The first-order valence-corrected chi connectivity index (χ1v) is 8.60. The van der Waals surface area contributed by atoms with E-state index in [1.807, 2.05) is 13.8 Å². The van der Waals surface area contributed by atoms with E-state index in [2.05, 4.69) is 0 Å². The number of imide groups is 1. The molecular formula is C19H21NO5. The number of Topliss-reactive ketones (excluding diaryl/α,β-unsaturated/α-hetero) is 1. The molecule has 1 aliphatic carbocycles. The molecule has 0 saturated heterocycles. The van der Waals surface area contributed by atoms with Crippen molar-refractivity contribution in [3.63, 3.8) is 0 Å². The molecule has 2 amide bonds. The van der Waals surface area contributed by atoms with Crippen LogP contribution in [-0.4, -0.2) is 40.6 Å². The van der Waals surface area contributed by atoms with Crippen LogP contribution in [0.3, 0.4) is 0 Å². The van der Waals surface area contributed by atoms with E-state index < -0.39 is 29.9 Å². The summed E-state index contributed by atoms with van der Waals surface area (Å²) in [6.07, 6.45) is 1.14. The highest BCUT2D eigenvalue weighted by Gasteiger charge is 2.44. The molecule has 2 atom stereocenters. The van der Waals surface area contributed by atoms with Crippen LogP contribution in [0.15, 0.2) is 24.3 Å². The van der Waals surface area contributed by atoms with Crippen LogP contribution in [0, 0.1) is 5.92 Å².